The zero-order valence-corrected chi connectivity index (χ0v) is 20.9. The number of aromatic nitrogens is 4. The number of hydrogen-bond acceptors (Lipinski definition) is 8. The molecule has 0 atom stereocenters. The van der Waals surface area contributed by atoms with E-state index in [1.54, 1.807) is 16.9 Å². The lowest BCUT2D eigenvalue weighted by Gasteiger charge is -2.35. The third-order valence-electron chi connectivity index (χ3n) is 5.88. The molecule has 2 aromatic heterocycles. The number of aliphatic hydroxyl groups excluding tert-OH is 1. The molecule has 36 heavy (non-hydrogen) atoms. The highest BCUT2D eigenvalue weighted by molar-refractivity contribution is 5.85. The first-order valence-corrected chi connectivity index (χ1v) is 11.6. The zero-order chi connectivity index (χ0) is 24.8. The molecule has 3 aromatic rings. The van der Waals surface area contributed by atoms with Crippen LogP contribution in [-0.2, 0) is 0 Å². The molecule has 1 aliphatic heterocycles. The molecule has 1 saturated heterocycles. The van der Waals surface area contributed by atoms with Crippen molar-refractivity contribution in [2.45, 2.75) is 13.3 Å². The first kappa shape index (κ1) is 27.3. The number of halogens is 3. The Morgan fingerprint density at radius 2 is 1.81 bits per heavy atom. The monoisotopic (exact) mass is 520 g/mol. The maximum Gasteiger partial charge on any atom is 0.224 e. The van der Waals surface area contributed by atoms with Crippen LogP contribution in [0.1, 0.15) is 17.7 Å². The van der Waals surface area contributed by atoms with Crippen LogP contribution in [0, 0.1) is 18.6 Å². The van der Waals surface area contributed by atoms with E-state index in [9.17, 15) is 8.78 Å². The van der Waals surface area contributed by atoms with E-state index in [0.29, 0.717) is 43.4 Å². The Balaban J connectivity index is 0.00000361. The van der Waals surface area contributed by atoms with E-state index in [0.717, 1.165) is 37.0 Å². The number of piperazine rings is 1. The summed E-state index contributed by atoms with van der Waals surface area (Å²) in [6.45, 7) is 6.40. The number of nitrogens with zero attached hydrogens (tertiary/aromatic N) is 6. The largest absolute Gasteiger partial charge is 0.396 e. The fraction of sp³-hybridized carbons (Fsp3) is 0.375. The Morgan fingerprint density at radius 1 is 1.08 bits per heavy atom. The lowest BCUT2D eigenvalue weighted by Crippen LogP contribution is -2.46. The molecule has 1 aromatic carbocycles. The second-order valence-corrected chi connectivity index (χ2v) is 8.39. The number of nitrogen functional groups attached to an aromatic ring is 1. The third-order valence-corrected chi connectivity index (χ3v) is 5.88. The number of benzene rings is 1. The maximum absolute atomic E-state index is 13.5. The summed E-state index contributed by atoms with van der Waals surface area (Å²) in [7, 11) is 0. The quantitative estimate of drug-likeness (QED) is 0.370. The standard InChI is InChI=1S/C24H30F2N8O.ClH/c1-17-18(16-29-34(17)23-15-22(28-5-3-11-35)30-24(27)31-23)4-2-6-32-7-9-33(10-8-32)21-13-19(25)12-20(26)14-21;/h2,4,12-16,35H,3,5-11H2,1H3,(H3,27,28,30,31);1H/b4-2+;. The molecule has 4 N–H and O–H groups in total. The van der Waals surface area contributed by atoms with Gasteiger partial charge < -0.3 is 21.1 Å². The topological polar surface area (TPSA) is 108 Å². The van der Waals surface area contributed by atoms with Gasteiger partial charge in [0.1, 0.15) is 17.5 Å². The summed E-state index contributed by atoms with van der Waals surface area (Å²) < 4.78 is 28.7. The molecular formula is C24H31ClF2N8O. The molecule has 0 saturated carbocycles. The second-order valence-electron chi connectivity index (χ2n) is 8.39. The van der Waals surface area contributed by atoms with Gasteiger partial charge in [0.05, 0.1) is 11.9 Å². The minimum absolute atomic E-state index is 0. The SMILES string of the molecule is Cc1c(/C=C/CN2CCN(c3cc(F)cc(F)c3)CC2)cnn1-c1cc(NCCCO)nc(N)n1.Cl. The predicted octanol–water partition coefficient (Wildman–Crippen LogP) is 2.88. The van der Waals surface area contributed by atoms with Gasteiger partial charge in [0.15, 0.2) is 5.82 Å². The van der Waals surface area contributed by atoms with E-state index in [1.165, 1.54) is 12.1 Å². The molecule has 9 nitrogen and oxygen atoms in total. The molecule has 0 unspecified atom stereocenters. The smallest absolute Gasteiger partial charge is 0.224 e. The van der Waals surface area contributed by atoms with Gasteiger partial charge in [0, 0.05) is 69.3 Å². The summed E-state index contributed by atoms with van der Waals surface area (Å²) >= 11 is 0. The average molecular weight is 521 g/mol. The van der Waals surface area contributed by atoms with Crippen molar-refractivity contribution in [3.8, 4) is 5.82 Å². The van der Waals surface area contributed by atoms with Crippen molar-refractivity contribution in [2.75, 3.05) is 61.8 Å². The van der Waals surface area contributed by atoms with Crippen molar-refractivity contribution >= 4 is 35.9 Å². The molecule has 1 fully saturated rings. The summed E-state index contributed by atoms with van der Waals surface area (Å²) in [5.41, 5.74) is 8.33. The van der Waals surface area contributed by atoms with Crippen LogP contribution in [0.25, 0.3) is 11.9 Å². The molecule has 0 spiro atoms. The zero-order valence-electron chi connectivity index (χ0n) is 20.1. The molecule has 194 valence electrons. The third kappa shape index (κ3) is 6.90. The molecule has 3 heterocycles. The Morgan fingerprint density at radius 3 is 2.50 bits per heavy atom. The molecule has 12 heteroatoms. The minimum atomic E-state index is -0.555. The lowest BCUT2D eigenvalue weighted by atomic mass is 10.2. The van der Waals surface area contributed by atoms with Crippen molar-refractivity contribution in [3.63, 3.8) is 0 Å². The Labute approximate surface area is 215 Å². The van der Waals surface area contributed by atoms with Crippen LogP contribution in [0.5, 0.6) is 0 Å². The van der Waals surface area contributed by atoms with Crippen molar-refractivity contribution in [3.05, 3.63) is 59.4 Å². The van der Waals surface area contributed by atoms with Crippen molar-refractivity contribution in [1.29, 1.82) is 0 Å². The molecule has 0 aliphatic carbocycles. The lowest BCUT2D eigenvalue weighted by molar-refractivity contribution is 0.284. The first-order chi connectivity index (χ1) is 16.9. The second kappa shape index (κ2) is 12.6. The van der Waals surface area contributed by atoms with E-state index < -0.39 is 11.6 Å². The molecule has 1 aliphatic rings. The first-order valence-electron chi connectivity index (χ1n) is 11.6. The van der Waals surface area contributed by atoms with Gasteiger partial charge in [-0.2, -0.15) is 15.1 Å². The molecule has 4 rings (SSSR count). The van der Waals surface area contributed by atoms with Crippen LogP contribution in [0.3, 0.4) is 0 Å². The number of aliphatic hydroxyl groups is 1. The van der Waals surface area contributed by atoms with Crippen molar-refractivity contribution in [1.82, 2.24) is 24.6 Å². The van der Waals surface area contributed by atoms with E-state index in [4.69, 9.17) is 10.8 Å². The predicted molar refractivity (Wildman–Crippen MR) is 140 cm³/mol. The van der Waals surface area contributed by atoms with E-state index >= 15 is 0 Å². The van der Waals surface area contributed by atoms with Gasteiger partial charge in [0.2, 0.25) is 5.95 Å². The maximum atomic E-state index is 13.5. The van der Waals surface area contributed by atoms with Gasteiger partial charge in [-0.3, -0.25) is 4.90 Å². The van der Waals surface area contributed by atoms with Crippen molar-refractivity contribution in [2.24, 2.45) is 0 Å². The molecule has 0 radical (unpaired) electrons. The highest BCUT2D eigenvalue weighted by Crippen LogP contribution is 2.20. The normalized spacial score (nSPS) is 14.3. The summed E-state index contributed by atoms with van der Waals surface area (Å²) in [4.78, 5) is 12.8. The van der Waals surface area contributed by atoms with Gasteiger partial charge in [-0.25, -0.2) is 13.5 Å². The number of nitrogens with one attached hydrogen (secondary N) is 1. The summed E-state index contributed by atoms with van der Waals surface area (Å²) in [5, 5.41) is 16.5. The number of anilines is 3. The number of rotatable bonds is 9. The van der Waals surface area contributed by atoms with Crippen LogP contribution in [0.4, 0.5) is 26.2 Å². The highest BCUT2D eigenvalue weighted by atomic mass is 35.5. The van der Waals surface area contributed by atoms with E-state index in [1.807, 2.05) is 17.9 Å². The van der Waals surface area contributed by atoms with Crippen LogP contribution >= 0.6 is 12.4 Å². The average Bonchev–Trinajstić information content (AvgIpc) is 3.19. The Kier molecular flexibility index (Phi) is 9.57. The molecular weight excluding hydrogens is 490 g/mol. The van der Waals surface area contributed by atoms with Gasteiger partial charge in [-0.15, -0.1) is 12.4 Å². The number of nitrogens with two attached hydrogens (primary N) is 1. The summed E-state index contributed by atoms with van der Waals surface area (Å²) in [5.74, 6) is 0.167. The van der Waals surface area contributed by atoms with Crippen LogP contribution in [0.15, 0.2) is 36.5 Å². The fourth-order valence-corrected chi connectivity index (χ4v) is 4.00. The highest BCUT2D eigenvalue weighted by Gasteiger charge is 2.17. The fourth-order valence-electron chi connectivity index (χ4n) is 4.00. The van der Waals surface area contributed by atoms with Crippen LogP contribution in [-0.4, -0.2) is 75.6 Å². The minimum Gasteiger partial charge on any atom is -0.396 e. The molecule has 0 bridgehead atoms. The van der Waals surface area contributed by atoms with Crippen LogP contribution in [0.2, 0.25) is 0 Å². The Hall–Kier alpha value is -3.28. The Bertz CT molecular complexity index is 1160. The van der Waals surface area contributed by atoms with Crippen LogP contribution < -0.4 is 16.0 Å². The molecule has 0 amide bonds. The van der Waals surface area contributed by atoms with Gasteiger partial charge in [-0.1, -0.05) is 12.2 Å². The summed E-state index contributed by atoms with van der Waals surface area (Å²) in [6, 6.07) is 5.41. The summed E-state index contributed by atoms with van der Waals surface area (Å²) in [6.07, 6.45) is 6.49. The van der Waals surface area contributed by atoms with E-state index in [2.05, 4.69) is 31.4 Å². The van der Waals surface area contributed by atoms with Gasteiger partial charge in [0.25, 0.3) is 0 Å². The van der Waals surface area contributed by atoms with Gasteiger partial charge in [-0.05, 0) is 25.5 Å². The van der Waals surface area contributed by atoms with Gasteiger partial charge >= 0.3 is 0 Å². The van der Waals surface area contributed by atoms with Crippen molar-refractivity contribution < 1.29 is 13.9 Å². The number of hydrogen-bond donors (Lipinski definition) is 3. The van der Waals surface area contributed by atoms with E-state index in [-0.39, 0.29) is 25.0 Å².